The Morgan fingerprint density at radius 3 is 1.73 bits per heavy atom. The van der Waals surface area contributed by atoms with E-state index in [1.165, 1.54) is 0 Å². The van der Waals surface area contributed by atoms with E-state index >= 15 is 0 Å². The molecule has 0 nitrogen and oxygen atoms in total. The number of alkyl halides is 8. The summed E-state index contributed by atoms with van der Waals surface area (Å²) in [6, 6.07) is 0. The van der Waals surface area contributed by atoms with E-state index in [1.807, 2.05) is 0 Å². The minimum Gasteiger partial charge on any atom is -0.248 e. The van der Waals surface area contributed by atoms with Crippen LogP contribution in [0.25, 0.3) is 0 Å². The number of hydrogen-bond acceptors (Lipinski definition) is 0. The van der Waals surface area contributed by atoms with Crippen LogP contribution in [0.3, 0.4) is 0 Å². The van der Waals surface area contributed by atoms with Gasteiger partial charge in [-0.05, 0) is 6.08 Å². The van der Waals surface area contributed by atoms with Crippen molar-refractivity contribution in [3.8, 4) is 0 Å². The molecule has 0 heterocycles. The Morgan fingerprint density at radius 1 is 1.07 bits per heavy atom. The molecule has 0 spiro atoms. The van der Waals surface area contributed by atoms with Crippen LogP contribution in [0.15, 0.2) is 12.7 Å². The van der Waals surface area contributed by atoms with Crippen LogP contribution in [0.1, 0.15) is 0 Å². The fourth-order valence-corrected chi connectivity index (χ4v) is 0.644. The lowest BCUT2D eigenvalue weighted by atomic mass is 10.0. The van der Waals surface area contributed by atoms with Gasteiger partial charge in [0.25, 0.3) is 0 Å². The summed E-state index contributed by atoms with van der Waals surface area (Å²) in [5.74, 6) is -17.2. The summed E-state index contributed by atoms with van der Waals surface area (Å²) in [5.41, 5.74) is 0. The van der Waals surface area contributed by atoms with Crippen molar-refractivity contribution in [3.63, 3.8) is 0 Å². The van der Waals surface area contributed by atoms with E-state index in [2.05, 4.69) is 6.58 Å². The molecule has 0 bridgehead atoms. The van der Waals surface area contributed by atoms with Crippen molar-refractivity contribution in [1.82, 2.24) is 0 Å². The average Bonchev–Trinajstić information content (AvgIpc) is 2.15. The van der Waals surface area contributed by atoms with E-state index in [0.29, 0.717) is 0 Å². The van der Waals surface area contributed by atoms with Crippen molar-refractivity contribution in [3.05, 3.63) is 12.7 Å². The van der Waals surface area contributed by atoms with Gasteiger partial charge < -0.3 is 0 Å². The third kappa shape index (κ3) is 2.07. The van der Waals surface area contributed by atoms with Gasteiger partial charge in [-0.2, -0.15) is 26.3 Å². The highest BCUT2D eigenvalue weighted by atomic mass is 19.3. The summed E-state index contributed by atoms with van der Waals surface area (Å²) >= 11 is 0. The van der Waals surface area contributed by atoms with Crippen LogP contribution in [0, 0.1) is 0 Å². The molecule has 0 N–H and O–H groups in total. The van der Waals surface area contributed by atoms with Gasteiger partial charge in [-0.15, -0.1) is 0 Å². The molecule has 0 aliphatic carbocycles. The minimum absolute atomic E-state index is 0.744. The Hall–Kier alpha value is -0.820. The number of hydrogen-bond donors (Lipinski definition) is 0. The predicted octanol–water partition coefficient (Wildman–Crippen LogP) is 3.39. The Labute approximate surface area is 79.6 Å². The zero-order chi connectivity index (χ0) is 12.5. The van der Waals surface area contributed by atoms with Crippen molar-refractivity contribution in [1.29, 1.82) is 0 Å². The van der Waals surface area contributed by atoms with Crippen LogP contribution in [-0.4, -0.2) is 30.6 Å². The molecule has 1 atom stereocenters. The zero-order valence-corrected chi connectivity index (χ0v) is 7.09. The largest absolute Gasteiger partial charge is 0.378 e. The SMILES string of the molecule is C=CC(F)(F)C(F)(F)C(F)(F)C(F)CF. The monoisotopic (exact) mass is 242 g/mol. The van der Waals surface area contributed by atoms with Crippen molar-refractivity contribution < 1.29 is 35.1 Å². The van der Waals surface area contributed by atoms with Crippen LogP contribution in [0.5, 0.6) is 0 Å². The molecule has 1 unspecified atom stereocenters. The summed E-state index contributed by atoms with van der Waals surface area (Å²) in [7, 11) is 0. The van der Waals surface area contributed by atoms with Crippen LogP contribution in [-0.2, 0) is 0 Å². The van der Waals surface area contributed by atoms with Crippen molar-refractivity contribution in [2.75, 3.05) is 6.67 Å². The fraction of sp³-hybridized carbons (Fsp3) is 0.714. The average molecular weight is 242 g/mol. The van der Waals surface area contributed by atoms with Gasteiger partial charge in [0.15, 0.2) is 6.17 Å². The second-order valence-electron chi connectivity index (χ2n) is 2.65. The Bertz CT molecular complexity index is 233. The fourth-order valence-electron chi connectivity index (χ4n) is 0.644. The lowest BCUT2D eigenvalue weighted by Crippen LogP contribution is -2.58. The highest BCUT2D eigenvalue weighted by Crippen LogP contribution is 2.48. The van der Waals surface area contributed by atoms with Crippen molar-refractivity contribution >= 4 is 0 Å². The van der Waals surface area contributed by atoms with E-state index in [1.54, 1.807) is 0 Å². The van der Waals surface area contributed by atoms with E-state index in [9.17, 15) is 35.1 Å². The van der Waals surface area contributed by atoms with E-state index in [4.69, 9.17) is 0 Å². The third-order valence-electron chi connectivity index (χ3n) is 1.62. The van der Waals surface area contributed by atoms with Crippen LogP contribution < -0.4 is 0 Å². The normalized spacial score (nSPS) is 16.3. The molecule has 0 aromatic heterocycles. The molecule has 0 aliphatic heterocycles. The molecule has 0 aromatic carbocycles. The van der Waals surface area contributed by atoms with Gasteiger partial charge >= 0.3 is 17.8 Å². The van der Waals surface area contributed by atoms with Gasteiger partial charge in [-0.1, -0.05) is 6.58 Å². The molecule has 90 valence electrons. The molecule has 0 aromatic rings. The topological polar surface area (TPSA) is 0 Å². The van der Waals surface area contributed by atoms with Crippen molar-refractivity contribution in [2.24, 2.45) is 0 Å². The Morgan fingerprint density at radius 2 is 1.47 bits per heavy atom. The standard InChI is InChI=1S/C7H6F8/c1-2-5(10,11)7(14,15)6(12,13)4(9)3-8/h2,4H,1,3H2. The third-order valence-corrected chi connectivity index (χ3v) is 1.62. The first-order chi connectivity index (χ1) is 6.54. The molecule has 0 radical (unpaired) electrons. The summed E-state index contributed by atoms with van der Waals surface area (Å²) < 4.78 is 97.8. The van der Waals surface area contributed by atoms with Crippen LogP contribution in [0.4, 0.5) is 35.1 Å². The zero-order valence-electron chi connectivity index (χ0n) is 7.09. The number of halogens is 8. The van der Waals surface area contributed by atoms with Crippen LogP contribution >= 0.6 is 0 Å². The maximum atomic E-state index is 12.4. The molecule has 15 heavy (non-hydrogen) atoms. The number of rotatable bonds is 5. The van der Waals surface area contributed by atoms with Gasteiger partial charge in [-0.3, -0.25) is 0 Å². The first-order valence-corrected chi connectivity index (χ1v) is 3.51. The smallest absolute Gasteiger partial charge is 0.248 e. The van der Waals surface area contributed by atoms with Gasteiger partial charge in [0.1, 0.15) is 6.67 Å². The lowest BCUT2D eigenvalue weighted by molar-refractivity contribution is -0.310. The lowest BCUT2D eigenvalue weighted by Gasteiger charge is -2.32. The molecular formula is C7H6F8. The second kappa shape index (κ2) is 3.97. The van der Waals surface area contributed by atoms with Crippen LogP contribution in [0.2, 0.25) is 0 Å². The quantitative estimate of drug-likeness (QED) is 0.512. The van der Waals surface area contributed by atoms with Gasteiger partial charge in [0.05, 0.1) is 0 Å². The van der Waals surface area contributed by atoms with E-state index in [0.717, 1.165) is 0 Å². The van der Waals surface area contributed by atoms with Gasteiger partial charge in [-0.25, -0.2) is 8.78 Å². The first-order valence-electron chi connectivity index (χ1n) is 3.51. The molecule has 0 rings (SSSR count). The molecule has 8 heteroatoms. The molecule has 0 saturated carbocycles. The maximum absolute atomic E-state index is 12.4. The molecule has 0 amide bonds. The van der Waals surface area contributed by atoms with Gasteiger partial charge in [0, 0.05) is 0 Å². The summed E-state index contributed by atoms with van der Waals surface area (Å²) in [6.45, 7) is -0.272. The highest BCUT2D eigenvalue weighted by Gasteiger charge is 2.73. The highest BCUT2D eigenvalue weighted by molar-refractivity contribution is 5.07. The summed E-state index contributed by atoms with van der Waals surface area (Å²) in [5, 5.41) is 0. The number of allylic oxidation sites excluding steroid dienone is 1. The van der Waals surface area contributed by atoms with E-state index < -0.39 is 36.7 Å². The second-order valence-corrected chi connectivity index (χ2v) is 2.65. The molecular weight excluding hydrogens is 236 g/mol. The van der Waals surface area contributed by atoms with Crippen molar-refractivity contribution in [2.45, 2.75) is 23.9 Å². The van der Waals surface area contributed by atoms with E-state index in [-0.39, 0.29) is 0 Å². The predicted molar refractivity (Wildman–Crippen MR) is 35.9 cm³/mol. The molecule has 0 saturated heterocycles. The minimum atomic E-state index is -6.03. The molecule has 0 aliphatic rings. The van der Waals surface area contributed by atoms with Gasteiger partial charge in [0.2, 0.25) is 0 Å². The summed E-state index contributed by atoms with van der Waals surface area (Å²) in [6.07, 6.45) is -4.75. The summed E-state index contributed by atoms with van der Waals surface area (Å²) in [4.78, 5) is 0. The molecule has 0 fully saturated rings. The first kappa shape index (κ1) is 14.2. The Kier molecular flexibility index (Phi) is 3.76. The maximum Gasteiger partial charge on any atom is 0.378 e. The Balaban J connectivity index is 5.26.